The second kappa shape index (κ2) is 4.09. The molecule has 0 amide bonds. The lowest BCUT2D eigenvalue weighted by atomic mass is 10.2. The molecule has 0 aliphatic heterocycles. The van der Waals surface area contributed by atoms with E-state index in [0.29, 0.717) is 16.5 Å². The van der Waals surface area contributed by atoms with E-state index in [2.05, 4.69) is 0 Å². The van der Waals surface area contributed by atoms with Gasteiger partial charge in [0.05, 0.1) is 10.6 Å². The lowest BCUT2D eigenvalue weighted by Crippen LogP contribution is -2.09. The molecule has 0 saturated heterocycles. The first kappa shape index (κ1) is 11.5. The number of rotatable bonds is 4. The normalized spacial score (nSPS) is 16.3. The van der Waals surface area contributed by atoms with Crippen LogP contribution in [0.15, 0.2) is 23.1 Å². The topological polar surface area (TPSA) is 60.2 Å². The summed E-state index contributed by atoms with van der Waals surface area (Å²) in [6.45, 7) is 1.79. The van der Waals surface area contributed by atoms with E-state index in [9.17, 15) is 8.42 Å². The zero-order valence-electron chi connectivity index (χ0n) is 9.44. The van der Waals surface area contributed by atoms with Gasteiger partial charge >= 0.3 is 0 Å². The van der Waals surface area contributed by atoms with Crippen LogP contribution in [-0.2, 0) is 9.84 Å². The third-order valence-corrected chi connectivity index (χ3v) is 4.93. The summed E-state index contributed by atoms with van der Waals surface area (Å²) >= 11 is 0. The van der Waals surface area contributed by atoms with E-state index in [-0.39, 0.29) is 5.75 Å². The molecule has 1 saturated carbocycles. The predicted molar refractivity (Wildman–Crippen MR) is 65.0 cm³/mol. The molecule has 0 unspecified atom stereocenters. The minimum Gasteiger partial charge on any atom is -0.399 e. The van der Waals surface area contributed by atoms with E-state index < -0.39 is 9.84 Å². The first-order chi connectivity index (χ1) is 7.49. The van der Waals surface area contributed by atoms with Gasteiger partial charge in [0.15, 0.2) is 9.84 Å². The fraction of sp³-hybridized carbons (Fsp3) is 0.500. The summed E-state index contributed by atoms with van der Waals surface area (Å²) in [5.41, 5.74) is 6.96. The van der Waals surface area contributed by atoms with Crippen molar-refractivity contribution in [2.45, 2.75) is 31.1 Å². The van der Waals surface area contributed by atoms with Crippen LogP contribution in [0.4, 0.5) is 5.69 Å². The molecule has 1 aromatic rings. The van der Waals surface area contributed by atoms with Gasteiger partial charge in [-0.3, -0.25) is 0 Å². The second-order valence-corrected chi connectivity index (χ2v) is 6.65. The summed E-state index contributed by atoms with van der Waals surface area (Å²) in [6, 6.07) is 4.98. The third-order valence-electron chi connectivity index (χ3n) is 3.03. The van der Waals surface area contributed by atoms with Crippen molar-refractivity contribution in [3.05, 3.63) is 23.8 Å². The first-order valence-corrected chi connectivity index (χ1v) is 7.23. The minimum absolute atomic E-state index is 0.266. The van der Waals surface area contributed by atoms with Crippen LogP contribution in [0.3, 0.4) is 0 Å². The maximum absolute atomic E-state index is 12.1. The Morgan fingerprint density at radius 2 is 2.06 bits per heavy atom. The monoisotopic (exact) mass is 239 g/mol. The summed E-state index contributed by atoms with van der Waals surface area (Å²) < 4.78 is 24.1. The van der Waals surface area contributed by atoms with E-state index in [1.54, 1.807) is 25.1 Å². The van der Waals surface area contributed by atoms with Gasteiger partial charge in [-0.1, -0.05) is 12.8 Å². The summed E-state index contributed by atoms with van der Waals surface area (Å²) in [6.07, 6.45) is 3.18. The fourth-order valence-corrected chi connectivity index (χ4v) is 3.55. The van der Waals surface area contributed by atoms with Crippen LogP contribution in [0.2, 0.25) is 0 Å². The zero-order chi connectivity index (χ0) is 11.8. The first-order valence-electron chi connectivity index (χ1n) is 5.58. The molecule has 0 heterocycles. The number of hydrogen-bond donors (Lipinski definition) is 1. The molecule has 0 aromatic heterocycles. The van der Waals surface area contributed by atoms with Crippen molar-refractivity contribution in [2.24, 2.45) is 5.92 Å². The molecule has 16 heavy (non-hydrogen) atoms. The summed E-state index contributed by atoms with van der Waals surface area (Å²) in [7, 11) is -3.12. The number of anilines is 1. The van der Waals surface area contributed by atoms with Gasteiger partial charge in [0.2, 0.25) is 0 Å². The Morgan fingerprint density at radius 1 is 1.38 bits per heavy atom. The molecule has 3 nitrogen and oxygen atoms in total. The van der Waals surface area contributed by atoms with Gasteiger partial charge in [-0.25, -0.2) is 8.42 Å². The summed E-state index contributed by atoms with van der Waals surface area (Å²) in [5, 5.41) is 0. The quantitative estimate of drug-likeness (QED) is 0.819. The van der Waals surface area contributed by atoms with Gasteiger partial charge in [-0.15, -0.1) is 0 Å². The molecule has 0 spiro atoms. The highest BCUT2D eigenvalue weighted by atomic mass is 32.2. The summed E-state index contributed by atoms with van der Waals surface area (Å²) in [5.74, 6) is 0.909. The van der Waals surface area contributed by atoms with Gasteiger partial charge in [0, 0.05) is 5.69 Å². The lowest BCUT2D eigenvalue weighted by molar-refractivity contribution is 0.590. The van der Waals surface area contributed by atoms with Crippen LogP contribution < -0.4 is 5.73 Å². The Bertz CT molecular complexity index is 490. The SMILES string of the molecule is Cc1cc(N)ccc1S(=O)(=O)CCC1CC1. The number of hydrogen-bond acceptors (Lipinski definition) is 3. The van der Waals surface area contributed by atoms with Crippen LogP contribution in [0.5, 0.6) is 0 Å². The predicted octanol–water partition coefficient (Wildman–Crippen LogP) is 2.15. The molecule has 1 fully saturated rings. The second-order valence-electron chi connectivity index (χ2n) is 4.58. The molecule has 4 heteroatoms. The smallest absolute Gasteiger partial charge is 0.178 e. The fourth-order valence-electron chi connectivity index (χ4n) is 1.86. The molecule has 88 valence electrons. The highest BCUT2D eigenvalue weighted by Crippen LogP contribution is 2.33. The highest BCUT2D eigenvalue weighted by Gasteiger charge is 2.25. The zero-order valence-corrected chi connectivity index (χ0v) is 10.3. The molecule has 2 N–H and O–H groups in total. The minimum atomic E-state index is -3.12. The molecule has 1 aromatic carbocycles. The van der Waals surface area contributed by atoms with Crippen LogP contribution in [0.1, 0.15) is 24.8 Å². The molecule has 1 aliphatic rings. The van der Waals surface area contributed by atoms with Crippen LogP contribution >= 0.6 is 0 Å². The van der Waals surface area contributed by atoms with Gasteiger partial charge < -0.3 is 5.73 Å². The van der Waals surface area contributed by atoms with Crippen molar-refractivity contribution in [1.82, 2.24) is 0 Å². The standard InChI is InChI=1S/C12H17NO2S/c1-9-8-11(13)4-5-12(9)16(14,15)7-6-10-2-3-10/h4-5,8,10H,2-3,6-7,13H2,1H3. The van der Waals surface area contributed by atoms with E-state index in [0.717, 1.165) is 12.0 Å². The highest BCUT2D eigenvalue weighted by molar-refractivity contribution is 7.91. The number of aryl methyl sites for hydroxylation is 1. The third kappa shape index (κ3) is 2.55. The van der Waals surface area contributed by atoms with Crippen molar-refractivity contribution in [1.29, 1.82) is 0 Å². The molecule has 0 radical (unpaired) electrons. The Hall–Kier alpha value is -1.03. The van der Waals surface area contributed by atoms with Gasteiger partial charge in [0.25, 0.3) is 0 Å². The van der Waals surface area contributed by atoms with E-state index >= 15 is 0 Å². The number of sulfone groups is 1. The van der Waals surface area contributed by atoms with Crippen LogP contribution in [0.25, 0.3) is 0 Å². The van der Waals surface area contributed by atoms with Crippen molar-refractivity contribution < 1.29 is 8.42 Å². The Morgan fingerprint density at radius 3 is 2.62 bits per heavy atom. The lowest BCUT2D eigenvalue weighted by Gasteiger charge is -2.07. The van der Waals surface area contributed by atoms with E-state index in [1.165, 1.54) is 12.8 Å². The summed E-state index contributed by atoms with van der Waals surface area (Å²) in [4.78, 5) is 0.433. The van der Waals surface area contributed by atoms with Crippen molar-refractivity contribution in [2.75, 3.05) is 11.5 Å². The van der Waals surface area contributed by atoms with Gasteiger partial charge in [-0.05, 0) is 43.0 Å². The average Bonchev–Trinajstić information content (AvgIpc) is 2.97. The molecule has 2 rings (SSSR count). The Labute approximate surface area is 96.6 Å². The number of nitrogens with two attached hydrogens (primary N) is 1. The molecular formula is C12H17NO2S. The molecule has 1 aliphatic carbocycles. The van der Waals surface area contributed by atoms with Crippen molar-refractivity contribution in [3.63, 3.8) is 0 Å². The largest absolute Gasteiger partial charge is 0.399 e. The molecule has 0 bridgehead atoms. The van der Waals surface area contributed by atoms with E-state index in [4.69, 9.17) is 5.73 Å². The van der Waals surface area contributed by atoms with Gasteiger partial charge in [0.1, 0.15) is 0 Å². The number of benzene rings is 1. The average molecular weight is 239 g/mol. The Balaban J connectivity index is 2.20. The van der Waals surface area contributed by atoms with Gasteiger partial charge in [-0.2, -0.15) is 0 Å². The van der Waals surface area contributed by atoms with E-state index in [1.807, 2.05) is 0 Å². The maximum Gasteiger partial charge on any atom is 0.178 e. The van der Waals surface area contributed by atoms with Crippen molar-refractivity contribution >= 4 is 15.5 Å². The number of nitrogen functional groups attached to an aromatic ring is 1. The molecular weight excluding hydrogens is 222 g/mol. The Kier molecular flexibility index (Phi) is 2.93. The maximum atomic E-state index is 12.1. The van der Waals surface area contributed by atoms with Crippen molar-refractivity contribution in [3.8, 4) is 0 Å². The molecule has 0 atom stereocenters. The van der Waals surface area contributed by atoms with Crippen LogP contribution in [0, 0.1) is 12.8 Å². The van der Waals surface area contributed by atoms with Crippen LogP contribution in [-0.4, -0.2) is 14.2 Å².